The number of benzene rings is 1. The number of aliphatic carboxylic acids is 1. The summed E-state index contributed by atoms with van der Waals surface area (Å²) < 4.78 is 0. The van der Waals surface area contributed by atoms with E-state index in [0.717, 1.165) is 0 Å². The number of nitrogens with zero attached hydrogens (tertiary/aromatic N) is 1. The zero-order chi connectivity index (χ0) is 14.4. The van der Waals surface area contributed by atoms with Crippen LogP contribution in [-0.4, -0.2) is 34.4 Å². The van der Waals surface area contributed by atoms with Gasteiger partial charge in [-0.25, -0.2) is 0 Å². The van der Waals surface area contributed by atoms with Crippen molar-refractivity contribution in [2.75, 3.05) is 5.32 Å². The SMILES string of the molecule is Br.N[C@H](C=O)C(CC(=O)O)Nc1ccc([N+](=O)[O-])cc1. The molecule has 2 atom stereocenters. The molecule has 8 nitrogen and oxygen atoms in total. The van der Waals surface area contributed by atoms with Gasteiger partial charge in [0.05, 0.1) is 23.4 Å². The lowest BCUT2D eigenvalue weighted by Gasteiger charge is -2.20. The fourth-order valence-corrected chi connectivity index (χ4v) is 1.46. The molecule has 0 spiro atoms. The van der Waals surface area contributed by atoms with Gasteiger partial charge in [0.2, 0.25) is 0 Å². The first-order valence-electron chi connectivity index (χ1n) is 5.37. The number of hydrogen-bond acceptors (Lipinski definition) is 6. The lowest BCUT2D eigenvalue weighted by Crippen LogP contribution is -2.42. The van der Waals surface area contributed by atoms with Gasteiger partial charge < -0.3 is 21.0 Å². The molecule has 0 saturated carbocycles. The van der Waals surface area contributed by atoms with Crippen LogP contribution < -0.4 is 11.1 Å². The molecule has 0 aliphatic heterocycles. The Morgan fingerprint density at radius 3 is 2.40 bits per heavy atom. The van der Waals surface area contributed by atoms with E-state index in [1.54, 1.807) is 0 Å². The number of nitro groups is 1. The molecule has 1 rings (SSSR count). The number of non-ortho nitro benzene ring substituents is 1. The van der Waals surface area contributed by atoms with Gasteiger partial charge in [0, 0.05) is 17.8 Å². The molecule has 1 unspecified atom stereocenters. The summed E-state index contributed by atoms with van der Waals surface area (Å²) >= 11 is 0. The van der Waals surface area contributed by atoms with E-state index in [-0.39, 0.29) is 29.1 Å². The van der Waals surface area contributed by atoms with Crippen LogP contribution in [0, 0.1) is 10.1 Å². The summed E-state index contributed by atoms with van der Waals surface area (Å²) in [5.74, 6) is -1.10. The van der Waals surface area contributed by atoms with Crippen molar-refractivity contribution in [3.63, 3.8) is 0 Å². The fourth-order valence-electron chi connectivity index (χ4n) is 1.46. The number of carboxylic acids is 1. The first-order valence-corrected chi connectivity index (χ1v) is 5.37. The van der Waals surface area contributed by atoms with Crippen molar-refractivity contribution in [1.29, 1.82) is 0 Å². The fraction of sp³-hybridized carbons (Fsp3) is 0.273. The first kappa shape index (κ1) is 18.0. The molecule has 0 amide bonds. The zero-order valence-electron chi connectivity index (χ0n) is 10.3. The highest BCUT2D eigenvalue weighted by Crippen LogP contribution is 2.17. The van der Waals surface area contributed by atoms with Crippen LogP contribution in [0.5, 0.6) is 0 Å². The number of carbonyl (C=O) groups excluding carboxylic acids is 1. The van der Waals surface area contributed by atoms with Crippen molar-refractivity contribution in [1.82, 2.24) is 0 Å². The van der Waals surface area contributed by atoms with E-state index in [2.05, 4.69) is 5.32 Å². The van der Waals surface area contributed by atoms with Crippen molar-refractivity contribution < 1.29 is 19.6 Å². The van der Waals surface area contributed by atoms with Gasteiger partial charge in [-0.1, -0.05) is 0 Å². The summed E-state index contributed by atoms with van der Waals surface area (Å²) in [5, 5.41) is 22.0. The van der Waals surface area contributed by atoms with Gasteiger partial charge in [0.1, 0.15) is 6.29 Å². The third-order valence-corrected chi connectivity index (χ3v) is 2.45. The third-order valence-electron chi connectivity index (χ3n) is 2.45. The number of aldehydes is 1. The van der Waals surface area contributed by atoms with Gasteiger partial charge in [-0.2, -0.15) is 0 Å². The zero-order valence-corrected chi connectivity index (χ0v) is 12.0. The molecule has 0 aliphatic carbocycles. The van der Waals surface area contributed by atoms with Gasteiger partial charge in [0.25, 0.3) is 5.69 Å². The molecule has 0 heterocycles. The van der Waals surface area contributed by atoms with Crippen LogP contribution in [0.3, 0.4) is 0 Å². The Bertz CT molecular complexity index is 479. The number of rotatable bonds is 7. The van der Waals surface area contributed by atoms with Gasteiger partial charge in [0.15, 0.2) is 0 Å². The van der Waals surface area contributed by atoms with E-state index in [1.807, 2.05) is 0 Å². The quantitative estimate of drug-likeness (QED) is 0.379. The number of carbonyl (C=O) groups is 2. The van der Waals surface area contributed by atoms with Crippen LogP contribution >= 0.6 is 17.0 Å². The van der Waals surface area contributed by atoms with Crippen molar-refractivity contribution in [2.24, 2.45) is 5.73 Å². The summed E-state index contributed by atoms with van der Waals surface area (Å²) in [6, 6.07) is 3.62. The average Bonchev–Trinajstić information content (AvgIpc) is 2.37. The molecule has 4 N–H and O–H groups in total. The molecular weight excluding hydrogens is 334 g/mol. The molecule has 20 heavy (non-hydrogen) atoms. The van der Waals surface area contributed by atoms with E-state index in [9.17, 15) is 19.7 Å². The van der Waals surface area contributed by atoms with Crippen LogP contribution in [0.4, 0.5) is 11.4 Å². The lowest BCUT2D eigenvalue weighted by molar-refractivity contribution is -0.384. The molecule has 0 aromatic heterocycles. The predicted octanol–water partition coefficient (Wildman–Crippen LogP) is 0.954. The highest BCUT2D eigenvalue weighted by molar-refractivity contribution is 8.93. The van der Waals surface area contributed by atoms with Crippen molar-refractivity contribution in [3.05, 3.63) is 34.4 Å². The Morgan fingerprint density at radius 2 is 2.00 bits per heavy atom. The minimum atomic E-state index is -1.10. The Kier molecular flexibility index (Phi) is 7.40. The minimum absolute atomic E-state index is 0. The monoisotopic (exact) mass is 347 g/mol. The van der Waals surface area contributed by atoms with Gasteiger partial charge in [-0.3, -0.25) is 14.9 Å². The van der Waals surface area contributed by atoms with Crippen LogP contribution in [0.2, 0.25) is 0 Å². The van der Waals surface area contributed by atoms with Crippen LogP contribution in [0.1, 0.15) is 6.42 Å². The molecule has 0 bridgehead atoms. The van der Waals surface area contributed by atoms with Gasteiger partial charge in [-0.15, -0.1) is 17.0 Å². The number of nitrogens with one attached hydrogen (secondary N) is 1. The molecule has 1 aromatic carbocycles. The molecule has 0 fully saturated rings. The Morgan fingerprint density at radius 1 is 1.45 bits per heavy atom. The maximum absolute atomic E-state index is 10.7. The second-order valence-corrected chi connectivity index (χ2v) is 3.87. The third kappa shape index (κ3) is 5.33. The van der Waals surface area contributed by atoms with Crippen LogP contribution in [-0.2, 0) is 9.59 Å². The number of nitro benzene ring substituents is 1. The van der Waals surface area contributed by atoms with Crippen molar-refractivity contribution in [3.8, 4) is 0 Å². The molecule has 110 valence electrons. The average molecular weight is 348 g/mol. The van der Waals surface area contributed by atoms with Gasteiger partial charge in [-0.05, 0) is 12.1 Å². The van der Waals surface area contributed by atoms with E-state index in [1.165, 1.54) is 24.3 Å². The second-order valence-electron chi connectivity index (χ2n) is 3.87. The molecule has 9 heteroatoms. The summed E-state index contributed by atoms with van der Waals surface area (Å²) in [7, 11) is 0. The Labute approximate surface area is 124 Å². The Balaban J connectivity index is 0.00000361. The van der Waals surface area contributed by atoms with E-state index < -0.39 is 23.0 Å². The van der Waals surface area contributed by atoms with E-state index in [0.29, 0.717) is 12.0 Å². The number of halogens is 1. The number of carboxylic acid groups (broad SMARTS) is 1. The summed E-state index contributed by atoms with van der Waals surface area (Å²) in [5.41, 5.74) is 5.86. The van der Waals surface area contributed by atoms with Gasteiger partial charge >= 0.3 is 5.97 Å². The molecule has 0 radical (unpaired) electrons. The highest BCUT2D eigenvalue weighted by atomic mass is 79.9. The largest absolute Gasteiger partial charge is 0.481 e. The Hall–Kier alpha value is -2.00. The molecule has 1 aromatic rings. The molecule has 0 aliphatic rings. The van der Waals surface area contributed by atoms with Crippen LogP contribution in [0.25, 0.3) is 0 Å². The highest BCUT2D eigenvalue weighted by Gasteiger charge is 2.20. The molecular formula is C11H14BrN3O5. The maximum Gasteiger partial charge on any atom is 0.305 e. The summed E-state index contributed by atoms with van der Waals surface area (Å²) in [6.07, 6.45) is 0.114. The van der Waals surface area contributed by atoms with Crippen molar-refractivity contribution in [2.45, 2.75) is 18.5 Å². The molecule has 0 saturated heterocycles. The van der Waals surface area contributed by atoms with E-state index in [4.69, 9.17) is 10.8 Å². The minimum Gasteiger partial charge on any atom is -0.481 e. The van der Waals surface area contributed by atoms with Crippen LogP contribution in [0.15, 0.2) is 24.3 Å². The summed E-state index contributed by atoms with van der Waals surface area (Å²) in [4.78, 5) is 31.2. The van der Waals surface area contributed by atoms with E-state index >= 15 is 0 Å². The first-order chi connectivity index (χ1) is 8.93. The maximum atomic E-state index is 10.7. The lowest BCUT2D eigenvalue weighted by atomic mass is 10.1. The number of anilines is 1. The topological polar surface area (TPSA) is 136 Å². The number of hydrogen-bond donors (Lipinski definition) is 3. The smallest absolute Gasteiger partial charge is 0.305 e. The second kappa shape index (κ2) is 8.23. The standard InChI is InChI=1S/C11H13N3O5.BrH/c12-9(6-15)10(5-11(16)17)13-7-1-3-8(4-2-7)14(18)19;/h1-4,6,9-10,13H,5,12H2,(H,16,17);1H/t9-,10?;/m1./s1. The number of nitrogens with two attached hydrogens (primary N) is 1. The normalized spacial score (nSPS) is 12.7. The predicted molar refractivity (Wildman–Crippen MR) is 77.1 cm³/mol. The summed E-state index contributed by atoms with van der Waals surface area (Å²) in [6.45, 7) is 0. The van der Waals surface area contributed by atoms with Crippen molar-refractivity contribution >= 4 is 40.6 Å².